The van der Waals surface area contributed by atoms with E-state index in [9.17, 15) is 18.0 Å². The molecule has 0 saturated carbocycles. The van der Waals surface area contributed by atoms with E-state index in [1.165, 1.54) is 17.8 Å². The van der Waals surface area contributed by atoms with Crippen LogP contribution in [0, 0.1) is 0 Å². The van der Waals surface area contributed by atoms with Crippen molar-refractivity contribution in [3.05, 3.63) is 28.1 Å². The maximum atomic E-state index is 12.7. The van der Waals surface area contributed by atoms with Gasteiger partial charge >= 0.3 is 6.18 Å². The topological polar surface area (TPSA) is 64.7 Å². The Bertz CT molecular complexity index is 660. The summed E-state index contributed by atoms with van der Waals surface area (Å²) >= 11 is 2.77. The first-order valence-electron chi connectivity index (χ1n) is 5.31. The van der Waals surface area contributed by atoms with Crippen LogP contribution in [0.25, 0.3) is 0 Å². The van der Waals surface area contributed by atoms with Crippen molar-refractivity contribution in [2.75, 3.05) is 5.32 Å². The average Bonchev–Trinajstić information content (AvgIpc) is 2.82. The number of hydrogen-bond donors (Lipinski definition) is 1. The first-order chi connectivity index (χ1) is 9.20. The van der Waals surface area contributed by atoms with E-state index >= 15 is 0 Å². The third-order valence-corrected chi connectivity index (χ3v) is 3.18. The van der Waals surface area contributed by atoms with E-state index in [0.29, 0.717) is 0 Å². The second-order valence-electron chi connectivity index (χ2n) is 3.96. The van der Waals surface area contributed by atoms with Crippen LogP contribution in [0.4, 0.5) is 19.0 Å². The van der Waals surface area contributed by atoms with Gasteiger partial charge in [0.15, 0.2) is 11.5 Å². The molecule has 20 heavy (non-hydrogen) atoms. The van der Waals surface area contributed by atoms with Gasteiger partial charge in [-0.3, -0.25) is 14.2 Å². The van der Waals surface area contributed by atoms with Gasteiger partial charge in [-0.15, -0.1) is 0 Å². The second-order valence-corrected chi connectivity index (χ2v) is 4.75. The van der Waals surface area contributed by atoms with Crippen molar-refractivity contribution in [1.29, 1.82) is 0 Å². The molecule has 0 spiro atoms. The Hall–Kier alpha value is -1.84. The van der Waals surface area contributed by atoms with Gasteiger partial charge in [0.25, 0.3) is 5.91 Å². The van der Waals surface area contributed by atoms with Crippen molar-refractivity contribution in [3.63, 3.8) is 0 Å². The molecule has 1 amide bonds. The van der Waals surface area contributed by atoms with Gasteiger partial charge < -0.3 is 5.32 Å². The van der Waals surface area contributed by atoms with Gasteiger partial charge in [0, 0.05) is 26.4 Å². The molecule has 2 rings (SSSR count). The number of nitrogens with one attached hydrogen (secondary N) is 1. The number of aromatic nitrogens is 4. The molecule has 10 heteroatoms. The summed E-state index contributed by atoms with van der Waals surface area (Å²) in [6, 6.07) is 1.52. The van der Waals surface area contributed by atoms with E-state index in [0.717, 1.165) is 4.68 Å². The fourth-order valence-corrected chi connectivity index (χ4v) is 2.32. The van der Waals surface area contributed by atoms with Crippen molar-refractivity contribution in [1.82, 2.24) is 19.6 Å². The lowest BCUT2D eigenvalue weighted by Gasteiger charge is -2.03. The van der Waals surface area contributed by atoms with Crippen molar-refractivity contribution in [2.24, 2.45) is 14.1 Å². The molecular weight excluding hydrogens is 343 g/mol. The molecule has 2 aromatic heterocycles. The van der Waals surface area contributed by atoms with Gasteiger partial charge in [0.05, 0.1) is 4.47 Å². The minimum atomic E-state index is -4.64. The maximum Gasteiger partial charge on any atom is 0.436 e. The summed E-state index contributed by atoms with van der Waals surface area (Å²) in [5.41, 5.74) is -1.38. The number of amides is 1. The molecule has 0 atom stereocenters. The summed E-state index contributed by atoms with van der Waals surface area (Å²) in [7, 11) is 2.91. The normalized spacial score (nSPS) is 11.7. The number of rotatable bonds is 2. The summed E-state index contributed by atoms with van der Waals surface area (Å²) in [5, 5.41) is 9.61. The Morgan fingerprint density at radius 2 is 2.00 bits per heavy atom. The Labute approximate surface area is 119 Å². The van der Waals surface area contributed by atoms with Gasteiger partial charge in [-0.25, -0.2) is 0 Å². The van der Waals surface area contributed by atoms with Crippen LogP contribution in [0.1, 0.15) is 16.2 Å². The monoisotopic (exact) mass is 351 g/mol. The molecule has 0 aliphatic rings. The standard InChI is InChI=1S/C10H9BrF3N5O/c1-18-4-3-5(16-18)15-9(20)7-6(11)8(10(12,13)14)17-19(7)2/h3-4H,1-2H3,(H,15,16,20). The number of halogens is 4. The highest BCUT2D eigenvalue weighted by Crippen LogP contribution is 2.35. The molecule has 0 radical (unpaired) electrons. The molecule has 0 saturated heterocycles. The quantitative estimate of drug-likeness (QED) is 0.901. The Morgan fingerprint density at radius 1 is 1.35 bits per heavy atom. The Morgan fingerprint density at radius 3 is 2.45 bits per heavy atom. The summed E-state index contributed by atoms with van der Waals surface area (Å²) in [6.45, 7) is 0. The zero-order valence-corrected chi connectivity index (χ0v) is 11.9. The highest BCUT2D eigenvalue weighted by Gasteiger charge is 2.39. The molecule has 2 aromatic rings. The van der Waals surface area contributed by atoms with Crippen molar-refractivity contribution < 1.29 is 18.0 Å². The molecule has 0 unspecified atom stereocenters. The third kappa shape index (κ3) is 2.69. The molecule has 0 aromatic carbocycles. The van der Waals surface area contributed by atoms with E-state index in [2.05, 4.69) is 31.4 Å². The number of alkyl halides is 3. The van der Waals surface area contributed by atoms with Gasteiger partial charge in [-0.2, -0.15) is 23.4 Å². The fraction of sp³-hybridized carbons (Fsp3) is 0.300. The Balaban J connectivity index is 2.33. The minimum absolute atomic E-state index is 0.233. The molecule has 0 fully saturated rings. The summed E-state index contributed by atoms with van der Waals surface area (Å²) < 4.78 is 40.0. The lowest BCUT2D eigenvalue weighted by Crippen LogP contribution is -2.17. The highest BCUT2D eigenvalue weighted by atomic mass is 79.9. The van der Waals surface area contributed by atoms with Crippen LogP contribution < -0.4 is 5.32 Å². The smallest absolute Gasteiger partial charge is 0.304 e. The lowest BCUT2D eigenvalue weighted by atomic mass is 10.3. The van der Waals surface area contributed by atoms with Crippen LogP contribution in [-0.2, 0) is 20.3 Å². The van der Waals surface area contributed by atoms with Crippen molar-refractivity contribution in [2.45, 2.75) is 6.18 Å². The van der Waals surface area contributed by atoms with Gasteiger partial charge in [0.1, 0.15) is 5.69 Å². The van der Waals surface area contributed by atoms with Crippen LogP contribution in [0.3, 0.4) is 0 Å². The average molecular weight is 352 g/mol. The van der Waals surface area contributed by atoms with E-state index in [4.69, 9.17) is 0 Å². The first kappa shape index (κ1) is 14.6. The molecule has 108 valence electrons. The summed E-state index contributed by atoms with van der Waals surface area (Å²) in [6.07, 6.45) is -3.05. The molecule has 0 aliphatic carbocycles. The number of aryl methyl sites for hydroxylation is 2. The summed E-state index contributed by atoms with van der Waals surface area (Å²) in [4.78, 5) is 12.0. The molecule has 1 N–H and O–H groups in total. The van der Waals surface area contributed by atoms with Gasteiger partial charge in [0.2, 0.25) is 0 Å². The van der Waals surface area contributed by atoms with Gasteiger partial charge in [-0.1, -0.05) is 0 Å². The second kappa shape index (κ2) is 4.93. The lowest BCUT2D eigenvalue weighted by molar-refractivity contribution is -0.142. The van der Waals surface area contributed by atoms with Crippen molar-refractivity contribution in [3.8, 4) is 0 Å². The molecule has 0 aliphatic heterocycles. The van der Waals surface area contributed by atoms with Crippen LogP contribution >= 0.6 is 15.9 Å². The third-order valence-electron chi connectivity index (χ3n) is 2.43. The number of anilines is 1. The molecule has 2 heterocycles. The Kier molecular flexibility index (Phi) is 3.59. The largest absolute Gasteiger partial charge is 0.436 e. The van der Waals surface area contributed by atoms with Crippen LogP contribution in [-0.4, -0.2) is 25.5 Å². The first-order valence-corrected chi connectivity index (χ1v) is 6.10. The molecule has 0 bridgehead atoms. The predicted octanol–water partition coefficient (Wildman–Crippen LogP) is 2.19. The SMILES string of the molecule is Cn1ccc(NC(=O)c2c(Br)c(C(F)(F)F)nn2C)n1. The fourth-order valence-electron chi connectivity index (χ4n) is 1.58. The number of carbonyl (C=O) groups excluding carboxylic acids is 1. The zero-order valence-electron chi connectivity index (χ0n) is 10.4. The molecular formula is C10H9BrF3N5O. The highest BCUT2D eigenvalue weighted by molar-refractivity contribution is 9.10. The van der Waals surface area contributed by atoms with Crippen LogP contribution in [0.2, 0.25) is 0 Å². The number of nitrogens with zero attached hydrogens (tertiary/aromatic N) is 4. The number of hydrogen-bond acceptors (Lipinski definition) is 3. The number of carbonyl (C=O) groups is 1. The zero-order chi connectivity index (χ0) is 15.1. The van der Waals surface area contributed by atoms with E-state index in [1.807, 2.05) is 0 Å². The van der Waals surface area contributed by atoms with E-state index in [-0.39, 0.29) is 11.5 Å². The summed E-state index contributed by atoms with van der Waals surface area (Å²) in [5.74, 6) is -0.500. The predicted molar refractivity (Wildman–Crippen MR) is 67.1 cm³/mol. The molecule has 6 nitrogen and oxygen atoms in total. The van der Waals surface area contributed by atoms with Gasteiger partial charge in [-0.05, 0) is 15.9 Å². The van der Waals surface area contributed by atoms with E-state index in [1.54, 1.807) is 13.2 Å². The van der Waals surface area contributed by atoms with Crippen LogP contribution in [0.15, 0.2) is 16.7 Å². The van der Waals surface area contributed by atoms with Crippen LogP contribution in [0.5, 0.6) is 0 Å². The van der Waals surface area contributed by atoms with E-state index < -0.39 is 22.3 Å². The van der Waals surface area contributed by atoms with Crippen molar-refractivity contribution >= 4 is 27.7 Å². The maximum absolute atomic E-state index is 12.7. The minimum Gasteiger partial charge on any atom is -0.304 e.